The van der Waals surface area contributed by atoms with Gasteiger partial charge < -0.3 is 10.1 Å². The quantitative estimate of drug-likeness (QED) is 0.561. The van der Waals surface area contributed by atoms with E-state index < -0.39 is 35.8 Å². The van der Waals surface area contributed by atoms with Crippen LogP contribution in [0.2, 0.25) is 0 Å². The van der Waals surface area contributed by atoms with E-state index in [4.69, 9.17) is 4.74 Å². The second-order valence-corrected chi connectivity index (χ2v) is 7.50. The van der Waals surface area contributed by atoms with Gasteiger partial charge in [-0.15, -0.1) is 0 Å². The van der Waals surface area contributed by atoms with Crippen molar-refractivity contribution in [2.45, 2.75) is 39.5 Å². The highest BCUT2D eigenvalue weighted by Gasteiger charge is 2.45. The van der Waals surface area contributed by atoms with E-state index in [2.05, 4.69) is 5.32 Å². The van der Waals surface area contributed by atoms with Gasteiger partial charge in [-0.25, -0.2) is 4.79 Å². The minimum Gasteiger partial charge on any atom is -0.451 e. The first-order valence-corrected chi connectivity index (χ1v) is 9.80. The minimum atomic E-state index is -1.12. The molecule has 30 heavy (non-hydrogen) atoms. The van der Waals surface area contributed by atoms with E-state index in [0.717, 1.165) is 10.5 Å². The molecular weight excluding hydrogens is 384 g/mol. The summed E-state index contributed by atoms with van der Waals surface area (Å²) in [6.07, 6.45) is -1.07. The Morgan fingerprint density at radius 2 is 1.43 bits per heavy atom. The lowest BCUT2D eigenvalue weighted by Crippen LogP contribution is -2.50. The first kappa shape index (κ1) is 21.2. The molecule has 0 aliphatic carbocycles. The van der Waals surface area contributed by atoms with Crippen molar-refractivity contribution in [3.05, 3.63) is 71.3 Å². The molecule has 1 aliphatic heterocycles. The zero-order valence-corrected chi connectivity index (χ0v) is 17.1. The maximum atomic E-state index is 12.9. The van der Waals surface area contributed by atoms with E-state index in [0.29, 0.717) is 6.54 Å². The highest BCUT2D eigenvalue weighted by atomic mass is 16.5. The molecule has 1 heterocycles. The summed E-state index contributed by atoms with van der Waals surface area (Å²) in [7, 11) is 0. The number of esters is 1. The van der Waals surface area contributed by atoms with E-state index in [1.807, 2.05) is 30.3 Å². The molecule has 0 bridgehead atoms. The molecule has 0 saturated heterocycles. The summed E-state index contributed by atoms with van der Waals surface area (Å²) in [5, 5.41) is 2.71. The van der Waals surface area contributed by atoms with Crippen LogP contribution >= 0.6 is 0 Å². The van der Waals surface area contributed by atoms with Gasteiger partial charge in [-0.1, -0.05) is 56.3 Å². The van der Waals surface area contributed by atoms with Crippen LogP contribution in [-0.4, -0.2) is 40.7 Å². The largest absolute Gasteiger partial charge is 0.451 e. The molecular formula is C23H24N2O5. The predicted molar refractivity (Wildman–Crippen MR) is 109 cm³/mol. The van der Waals surface area contributed by atoms with E-state index in [1.165, 1.54) is 6.92 Å². The molecule has 1 N–H and O–H groups in total. The Morgan fingerprint density at radius 1 is 0.900 bits per heavy atom. The third kappa shape index (κ3) is 4.25. The zero-order valence-electron chi connectivity index (χ0n) is 17.1. The number of rotatable bonds is 7. The summed E-state index contributed by atoms with van der Waals surface area (Å²) in [6.45, 7) is 5.19. The molecule has 0 spiro atoms. The van der Waals surface area contributed by atoms with Crippen LogP contribution in [0.5, 0.6) is 0 Å². The van der Waals surface area contributed by atoms with E-state index in [-0.39, 0.29) is 17.0 Å². The average molecular weight is 408 g/mol. The second-order valence-electron chi connectivity index (χ2n) is 7.50. The first-order chi connectivity index (χ1) is 14.3. The fourth-order valence-electron chi connectivity index (χ4n) is 3.36. The number of nitrogens with zero attached hydrogens (tertiary/aromatic N) is 1. The average Bonchev–Trinajstić information content (AvgIpc) is 2.98. The van der Waals surface area contributed by atoms with E-state index in [9.17, 15) is 19.2 Å². The standard InChI is InChI=1S/C23H24N2O5/c1-14(2)19(25-21(27)17-11-7-8-12-18(17)22(25)28)23(29)30-15(3)20(26)24-13-16-9-5-4-6-10-16/h4-12,14-15,19H,13H2,1-3H3,(H,24,26)/t15-,19-/m0/s1. The number of ether oxygens (including phenoxy) is 1. The van der Waals surface area contributed by atoms with Crippen LogP contribution < -0.4 is 5.32 Å². The lowest BCUT2D eigenvalue weighted by Gasteiger charge is -2.28. The molecule has 0 radical (unpaired) electrons. The Balaban J connectivity index is 1.68. The number of fused-ring (bicyclic) bond motifs is 1. The fraction of sp³-hybridized carbons (Fsp3) is 0.304. The smallest absolute Gasteiger partial charge is 0.330 e. The molecule has 156 valence electrons. The van der Waals surface area contributed by atoms with Crippen molar-refractivity contribution in [3.63, 3.8) is 0 Å². The van der Waals surface area contributed by atoms with Crippen molar-refractivity contribution < 1.29 is 23.9 Å². The summed E-state index contributed by atoms with van der Waals surface area (Å²) in [4.78, 5) is 51.6. The Hall–Kier alpha value is -3.48. The molecule has 0 fully saturated rings. The lowest BCUT2D eigenvalue weighted by molar-refractivity contribution is -0.159. The molecule has 1 aliphatic rings. The molecule has 2 aromatic carbocycles. The molecule has 7 nitrogen and oxygen atoms in total. The Bertz CT molecular complexity index is 936. The topological polar surface area (TPSA) is 92.8 Å². The maximum absolute atomic E-state index is 12.9. The van der Waals surface area contributed by atoms with Crippen molar-refractivity contribution in [2.75, 3.05) is 0 Å². The van der Waals surface area contributed by atoms with Gasteiger partial charge in [0.2, 0.25) is 0 Å². The van der Waals surface area contributed by atoms with Gasteiger partial charge in [-0.2, -0.15) is 0 Å². The Kier molecular flexibility index (Phi) is 6.30. The number of amides is 3. The van der Waals surface area contributed by atoms with Gasteiger partial charge in [0.25, 0.3) is 17.7 Å². The van der Waals surface area contributed by atoms with Gasteiger partial charge >= 0.3 is 5.97 Å². The highest BCUT2D eigenvalue weighted by molar-refractivity contribution is 6.22. The van der Waals surface area contributed by atoms with Gasteiger partial charge in [0.1, 0.15) is 6.04 Å². The Morgan fingerprint density at radius 3 is 1.97 bits per heavy atom. The van der Waals surface area contributed by atoms with Crippen LogP contribution in [0.1, 0.15) is 47.1 Å². The predicted octanol–water partition coefficient (Wildman–Crippen LogP) is 2.56. The van der Waals surface area contributed by atoms with Gasteiger partial charge in [0.05, 0.1) is 11.1 Å². The molecule has 2 aromatic rings. The summed E-state index contributed by atoms with van der Waals surface area (Å²) in [5.41, 5.74) is 1.43. The van der Waals surface area contributed by atoms with Crippen LogP contribution in [0.4, 0.5) is 0 Å². The van der Waals surface area contributed by atoms with Crippen molar-refractivity contribution in [2.24, 2.45) is 5.92 Å². The molecule has 7 heteroatoms. The Labute approximate surface area is 175 Å². The van der Waals surface area contributed by atoms with Gasteiger partial charge in [-0.3, -0.25) is 19.3 Å². The molecule has 2 atom stereocenters. The number of hydrogen-bond acceptors (Lipinski definition) is 5. The second kappa shape index (κ2) is 8.90. The number of carbonyl (C=O) groups is 4. The van der Waals surface area contributed by atoms with Crippen LogP contribution in [0.15, 0.2) is 54.6 Å². The number of hydrogen-bond donors (Lipinski definition) is 1. The molecule has 3 amide bonds. The third-order valence-corrected chi connectivity index (χ3v) is 4.95. The summed E-state index contributed by atoms with van der Waals surface area (Å²) in [6, 6.07) is 14.6. The normalized spacial score (nSPS) is 15.0. The van der Waals surface area contributed by atoms with E-state index >= 15 is 0 Å². The molecule has 3 rings (SSSR count). The van der Waals surface area contributed by atoms with Crippen LogP contribution in [-0.2, 0) is 20.9 Å². The first-order valence-electron chi connectivity index (χ1n) is 9.80. The lowest BCUT2D eigenvalue weighted by atomic mass is 10.0. The van der Waals surface area contributed by atoms with Crippen molar-refractivity contribution >= 4 is 23.7 Å². The summed E-state index contributed by atoms with van der Waals surface area (Å²) < 4.78 is 5.33. The van der Waals surface area contributed by atoms with Gasteiger partial charge in [0.15, 0.2) is 6.10 Å². The number of nitrogens with one attached hydrogen (secondary N) is 1. The number of carbonyl (C=O) groups excluding carboxylic acids is 4. The molecule has 0 unspecified atom stereocenters. The van der Waals surface area contributed by atoms with Crippen LogP contribution in [0.25, 0.3) is 0 Å². The van der Waals surface area contributed by atoms with Crippen molar-refractivity contribution in [1.82, 2.24) is 10.2 Å². The highest BCUT2D eigenvalue weighted by Crippen LogP contribution is 2.27. The zero-order chi connectivity index (χ0) is 21.8. The van der Waals surface area contributed by atoms with Crippen LogP contribution in [0, 0.1) is 5.92 Å². The monoisotopic (exact) mass is 408 g/mol. The maximum Gasteiger partial charge on any atom is 0.330 e. The van der Waals surface area contributed by atoms with E-state index in [1.54, 1.807) is 38.1 Å². The third-order valence-electron chi connectivity index (χ3n) is 4.95. The number of imide groups is 1. The SMILES string of the molecule is CC(C)[C@@H](C(=O)O[C@@H](C)C(=O)NCc1ccccc1)N1C(=O)c2ccccc2C1=O. The van der Waals surface area contributed by atoms with Crippen LogP contribution in [0.3, 0.4) is 0 Å². The molecule has 0 aromatic heterocycles. The summed E-state index contributed by atoms with van der Waals surface area (Å²) >= 11 is 0. The minimum absolute atomic E-state index is 0.259. The van der Waals surface area contributed by atoms with Crippen molar-refractivity contribution in [3.8, 4) is 0 Å². The fourth-order valence-corrected chi connectivity index (χ4v) is 3.36. The van der Waals surface area contributed by atoms with Crippen molar-refractivity contribution in [1.29, 1.82) is 0 Å². The number of benzene rings is 2. The van der Waals surface area contributed by atoms with Gasteiger partial charge in [-0.05, 0) is 30.5 Å². The van der Waals surface area contributed by atoms with Gasteiger partial charge in [0, 0.05) is 6.54 Å². The summed E-state index contributed by atoms with van der Waals surface area (Å²) in [5.74, 6) is -2.71. The molecule has 0 saturated carbocycles.